The molecule has 0 heterocycles. The zero-order chi connectivity index (χ0) is 15.8. The number of benzene rings is 2. The average molecular weight is 305 g/mol. The van der Waals surface area contributed by atoms with Gasteiger partial charge in [-0.2, -0.15) is 13.2 Å². The number of rotatable bonds is 2. The summed E-state index contributed by atoms with van der Waals surface area (Å²) >= 11 is 0. The zero-order valence-electron chi connectivity index (χ0n) is 10.4. The minimum Gasteiger partial charge on any atom is -0.320 e. The molecule has 2 N–H and O–H groups in total. The molecular weight excluding hydrogens is 296 g/mol. The van der Waals surface area contributed by atoms with Crippen LogP contribution in [0.1, 0.15) is 22.7 Å². The fourth-order valence-corrected chi connectivity index (χ4v) is 1.89. The molecule has 0 saturated heterocycles. The Kier molecular flexibility index (Phi) is 3.95. The van der Waals surface area contributed by atoms with Crippen molar-refractivity contribution in [2.24, 2.45) is 5.73 Å². The Morgan fingerprint density at radius 3 is 2.14 bits per heavy atom. The van der Waals surface area contributed by atoms with Gasteiger partial charge in [0.15, 0.2) is 11.6 Å². The molecule has 2 aromatic rings. The second-order valence-electron chi connectivity index (χ2n) is 4.36. The van der Waals surface area contributed by atoms with E-state index in [4.69, 9.17) is 5.73 Å². The summed E-state index contributed by atoms with van der Waals surface area (Å²) in [5, 5.41) is 0. The van der Waals surface area contributed by atoms with Crippen LogP contribution in [-0.4, -0.2) is 0 Å². The van der Waals surface area contributed by atoms with Crippen molar-refractivity contribution in [3.8, 4) is 0 Å². The molecule has 0 aliphatic rings. The molecule has 0 saturated carbocycles. The first-order valence-electron chi connectivity index (χ1n) is 5.78. The average Bonchev–Trinajstić information content (AvgIpc) is 2.40. The Bertz CT molecular complexity index is 665. The minimum atomic E-state index is -4.87. The number of nitrogens with two attached hydrogens (primary N) is 1. The van der Waals surface area contributed by atoms with Gasteiger partial charge in [0.05, 0.1) is 11.6 Å². The van der Waals surface area contributed by atoms with Crippen LogP contribution in [0.2, 0.25) is 0 Å². The summed E-state index contributed by atoms with van der Waals surface area (Å²) in [7, 11) is 0. The number of hydrogen-bond donors (Lipinski definition) is 1. The van der Waals surface area contributed by atoms with Crippen LogP contribution in [0, 0.1) is 17.5 Å². The summed E-state index contributed by atoms with van der Waals surface area (Å²) in [6.07, 6.45) is -4.87. The van der Waals surface area contributed by atoms with Gasteiger partial charge in [0.2, 0.25) is 0 Å². The Labute approximate surface area is 116 Å². The van der Waals surface area contributed by atoms with Crippen LogP contribution in [0.25, 0.3) is 0 Å². The van der Waals surface area contributed by atoms with Crippen LogP contribution in [0.15, 0.2) is 36.4 Å². The van der Waals surface area contributed by atoms with E-state index in [1.807, 2.05) is 0 Å². The van der Waals surface area contributed by atoms with E-state index in [1.54, 1.807) is 0 Å². The molecule has 1 nitrogen and oxygen atoms in total. The second kappa shape index (κ2) is 5.40. The molecule has 0 bridgehead atoms. The summed E-state index contributed by atoms with van der Waals surface area (Å²) in [5.74, 6) is -3.87. The zero-order valence-corrected chi connectivity index (χ0v) is 10.4. The first-order chi connectivity index (χ1) is 9.71. The van der Waals surface area contributed by atoms with E-state index in [1.165, 1.54) is 0 Å². The van der Waals surface area contributed by atoms with Crippen molar-refractivity contribution in [1.82, 2.24) is 0 Å². The van der Waals surface area contributed by atoms with Crippen molar-refractivity contribution in [3.05, 3.63) is 70.5 Å². The van der Waals surface area contributed by atoms with Gasteiger partial charge in [-0.25, -0.2) is 13.2 Å². The van der Waals surface area contributed by atoms with Crippen LogP contribution in [0.3, 0.4) is 0 Å². The van der Waals surface area contributed by atoms with E-state index >= 15 is 0 Å². The van der Waals surface area contributed by atoms with Crippen molar-refractivity contribution in [2.75, 3.05) is 0 Å². The molecule has 0 spiro atoms. The van der Waals surface area contributed by atoms with E-state index < -0.39 is 40.8 Å². The largest absolute Gasteiger partial charge is 0.419 e. The summed E-state index contributed by atoms with van der Waals surface area (Å²) in [4.78, 5) is 0. The summed E-state index contributed by atoms with van der Waals surface area (Å²) in [5.41, 5.74) is 3.71. The highest BCUT2D eigenvalue weighted by atomic mass is 19.4. The molecular formula is C14H9F6N. The lowest BCUT2D eigenvalue weighted by Crippen LogP contribution is -2.17. The molecule has 0 amide bonds. The van der Waals surface area contributed by atoms with Gasteiger partial charge in [0, 0.05) is 5.56 Å². The van der Waals surface area contributed by atoms with Crippen molar-refractivity contribution >= 4 is 0 Å². The maximum Gasteiger partial charge on any atom is 0.419 e. The molecule has 21 heavy (non-hydrogen) atoms. The van der Waals surface area contributed by atoms with Crippen LogP contribution in [-0.2, 0) is 6.18 Å². The molecule has 2 rings (SSSR count). The molecule has 2 aromatic carbocycles. The van der Waals surface area contributed by atoms with Crippen molar-refractivity contribution in [1.29, 1.82) is 0 Å². The maximum atomic E-state index is 13.9. The highest BCUT2D eigenvalue weighted by Gasteiger charge is 2.35. The van der Waals surface area contributed by atoms with Crippen molar-refractivity contribution < 1.29 is 26.3 Å². The number of halogens is 6. The Morgan fingerprint density at radius 1 is 0.905 bits per heavy atom. The van der Waals surface area contributed by atoms with Gasteiger partial charge in [-0.3, -0.25) is 0 Å². The lowest BCUT2D eigenvalue weighted by Gasteiger charge is -2.16. The monoisotopic (exact) mass is 305 g/mol. The topological polar surface area (TPSA) is 26.0 Å². The molecule has 0 radical (unpaired) electrons. The van der Waals surface area contributed by atoms with Crippen molar-refractivity contribution in [2.45, 2.75) is 12.2 Å². The summed E-state index contributed by atoms with van der Waals surface area (Å²) < 4.78 is 77.7. The Balaban J connectivity index is 2.48. The smallest absolute Gasteiger partial charge is 0.320 e. The summed E-state index contributed by atoms with van der Waals surface area (Å²) in [6.45, 7) is 0. The maximum absolute atomic E-state index is 13.9. The third-order valence-electron chi connectivity index (χ3n) is 2.97. The fraction of sp³-hybridized carbons (Fsp3) is 0.143. The lowest BCUT2D eigenvalue weighted by molar-refractivity contribution is -0.140. The van der Waals surface area contributed by atoms with Crippen LogP contribution >= 0.6 is 0 Å². The van der Waals surface area contributed by atoms with E-state index in [-0.39, 0.29) is 5.56 Å². The molecule has 0 aromatic heterocycles. The van der Waals surface area contributed by atoms with Crippen LogP contribution < -0.4 is 5.73 Å². The Morgan fingerprint density at radius 2 is 1.57 bits per heavy atom. The van der Waals surface area contributed by atoms with Gasteiger partial charge in [0.25, 0.3) is 0 Å². The Hall–Kier alpha value is -2.02. The quantitative estimate of drug-likeness (QED) is 0.828. The van der Waals surface area contributed by atoms with Crippen molar-refractivity contribution in [3.63, 3.8) is 0 Å². The normalized spacial score (nSPS) is 13.3. The predicted octanol–water partition coefficient (Wildman–Crippen LogP) is 4.17. The van der Waals surface area contributed by atoms with E-state index in [0.29, 0.717) is 6.07 Å². The van der Waals surface area contributed by atoms with E-state index in [0.717, 1.165) is 30.3 Å². The van der Waals surface area contributed by atoms with Gasteiger partial charge < -0.3 is 5.73 Å². The highest BCUT2D eigenvalue weighted by molar-refractivity contribution is 5.36. The van der Waals surface area contributed by atoms with Crippen LogP contribution in [0.5, 0.6) is 0 Å². The SMILES string of the molecule is NC(c1ccc(F)c(F)c1)c1cccc(C(F)(F)F)c1F. The van der Waals surface area contributed by atoms with E-state index in [2.05, 4.69) is 0 Å². The molecule has 1 unspecified atom stereocenters. The third kappa shape index (κ3) is 3.02. The molecule has 7 heteroatoms. The summed E-state index contributed by atoms with van der Waals surface area (Å²) in [6, 6.07) is 3.88. The standard InChI is InChI=1S/C14H9F6N/c15-10-5-4-7(6-11(10)16)13(21)8-2-1-3-9(12(8)17)14(18,19)20/h1-6,13H,21H2. The molecule has 1 atom stereocenters. The van der Waals surface area contributed by atoms with Gasteiger partial charge in [-0.05, 0) is 23.8 Å². The number of hydrogen-bond acceptors (Lipinski definition) is 1. The van der Waals surface area contributed by atoms with Gasteiger partial charge in [-0.15, -0.1) is 0 Å². The highest BCUT2D eigenvalue weighted by Crippen LogP contribution is 2.34. The molecule has 112 valence electrons. The molecule has 0 aliphatic carbocycles. The van der Waals surface area contributed by atoms with Crippen LogP contribution in [0.4, 0.5) is 26.3 Å². The van der Waals surface area contributed by atoms with Gasteiger partial charge in [-0.1, -0.05) is 18.2 Å². The first kappa shape index (κ1) is 15.4. The first-order valence-corrected chi connectivity index (χ1v) is 5.78. The van der Waals surface area contributed by atoms with E-state index in [9.17, 15) is 26.3 Å². The predicted molar refractivity (Wildman–Crippen MR) is 63.8 cm³/mol. The van der Waals surface area contributed by atoms with Gasteiger partial charge in [0.1, 0.15) is 5.82 Å². The van der Waals surface area contributed by atoms with Gasteiger partial charge >= 0.3 is 6.18 Å². The molecule has 0 aliphatic heterocycles. The second-order valence-corrected chi connectivity index (χ2v) is 4.36. The third-order valence-corrected chi connectivity index (χ3v) is 2.97. The molecule has 0 fully saturated rings. The minimum absolute atomic E-state index is 0.0351. The lowest BCUT2D eigenvalue weighted by atomic mass is 9.97. The fourth-order valence-electron chi connectivity index (χ4n) is 1.89. The number of alkyl halides is 3.